The molecule has 1 aromatic carbocycles. The topological polar surface area (TPSA) is 84.4 Å². The van der Waals surface area contributed by atoms with Crippen LogP contribution in [0.15, 0.2) is 23.7 Å². The Morgan fingerprint density at radius 1 is 1.32 bits per heavy atom. The maximum Gasteiger partial charge on any atom is 0.285 e. The van der Waals surface area contributed by atoms with Gasteiger partial charge < -0.3 is 15.0 Å². The Bertz CT molecular complexity index is 793. The van der Waals surface area contributed by atoms with Crippen molar-refractivity contribution in [1.82, 2.24) is 20.4 Å². The van der Waals surface area contributed by atoms with Crippen LogP contribution in [0.3, 0.4) is 0 Å². The first kappa shape index (κ1) is 16.2. The number of amides is 2. The van der Waals surface area contributed by atoms with Gasteiger partial charge in [0, 0.05) is 25.2 Å². The summed E-state index contributed by atoms with van der Waals surface area (Å²) in [6, 6.07) is 5.84. The van der Waals surface area contributed by atoms with Crippen molar-refractivity contribution >= 4 is 23.2 Å². The maximum absolute atomic E-state index is 12.3. The Morgan fingerprint density at radius 2 is 2.20 bits per heavy atom. The monoisotopic (exact) mass is 358 g/mol. The van der Waals surface area contributed by atoms with E-state index in [-0.39, 0.29) is 17.9 Å². The Kier molecular flexibility index (Phi) is 4.46. The summed E-state index contributed by atoms with van der Waals surface area (Å²) < 4.78 is 5.67. The first-order chi connectivity index (χ1) is 12.2. The van der Waals surface area contributed by atoms with Crippen LogP contribution in [0.4, 0.5) is 0 Å². The van der Waals surface area contributed by atoms with E-state index >= 15 is 0 Å². The zero-order valence-corrected chi connectivity index (χ0v) is 14.4. The molecule has 1 saturated heterocycles. The van der Waals surface area contributed by atoms with E-state index in [1.54, 1.807) is 10.4 Å². The number of hydrogen-bond acceptors (Lipinski definition) is 6. The van der Waals surface area contributed by atoms with Crippen molar-refractivity contribution in [2.75, 3.05) is 26.2 Å². The summed E-state index contributed by atoms with van der Waals surface area (Å²) in [6.07, 6.45) is 1.93. The molecule has 0 bridgehead atoms. The predicted octanol–water partition coefficient (Wildman–Crippen LogP) is 0.908. The minimum atomic E-state index is -0.221. The van der Waals surface area contributed by atoms with E-state index in [2.05, 4.69) is 15.5 Å². The highest BCUT2D eigenvalue weighted by Crippen LogP contribution is 2.23. The number of hydrogen-bond donors (Lipinski definition) is 1. The minimum absolute atomic E-state index is 0.106. The quantitative estimate of drug-likeness (QED) is 0.878. The van der Waals surface area contributed by atoms with Crippen LogP contribution >= 0.6 is 11.3 Å². The Morgan fingerprint density at radius 3 is 2.92 bits per heavy atom. The minimum Gasteiger partial charge on any atom is -0.373 e. The molecule has 1 atom stereocenters. The molecule has 25 heavy (non-hydrogen) atoms. The summed E-state index contributed by atoms with van der Waals surface area (Å²) in [7, 11) is 0. The van der Waals surface area contributed by atoms with Gasteiger partial charge in [0.1, 0.15) is 5.51 Å². The number of nitrogens with zero attached hydrogens (tertiary/aromatic N) is 3. The zero-order valence-electron chi connectivity index (χ0n) is 13.6. The van der Waals surface area contributed by atoms with Crippen molar-refractivity contribution in [3.05, 3.63) is 45.4 Å². The van der Waals surface area contributed by atoms with Crippen LogP contribution < -0.4 is 5.32 Å². The molecule has 130 valence electrons. The first-order valence-corrected chi connectivity index (χ1v) is 9.16. The number of aromatic nitrogens is 2. The van der Waals surface area contributed by atoms with Gasteiger partial charge in [-0.2, -0.15) is 0 Å². The number of benzene rings is 1. The van der Waals surface area contributed by atoms with E-state index in [9.17, 15) is 9.59 Å². The van der Waals surface area contributed by atoms with Gasteiger partial charge in [0.15, 0.2) is 0 Å². The molecule has 2 heterocycles. The number of carbonyl (C=O) groups excluding carboxylic acids is 2. The van der Waals surface area contributed by atoms with Gasteiger partial charge in [0.25, 0.3) is 11.8 Å². The van der Waals surface area contributed by atoms with E-state index in [0.29, 0.717) is 36.8 Å². The summed E-state index contributed by atoms with van der Waals surface area (Å²) in [5.41, 5.74) is 4.81. The third-order valence-corrected chi connectivity index (χ3v) is 5.27. The van der Waals surface area contributed by atoms with Crippen LogP contribution in [0, 0.1) is 0 Å². The number of nitrogens with one attached hydrogen (secondary N) is 1. The van der Waals surface area contributed by atoms with Crippen LogP contribution in [0.2, 0.25) is 0 Å². The number of morpholine rings is 1. The fraction of sp³-hybridized carbons (Fsp3) is 0.412. The highest BCUT2D eigenvalue weighted by atomic mass is 32.1. The van der Waals surface area contributed by atoms with Gasteiger partial charge in [0.2, 0.25) is 5.01 Å². The van der Waals surface area contributed by atoms with Crippen molar-refractivity contribution < 1.29 is 14.3 Å². The summed E-state index contributed by atoms with van der Waals surface area (Å²) in [5.74, 6) is -0.240. The van der Waals surface area contributed by atoms with Crippen molar-refractivity contribution in [3.63, 3.8) is 0 Å². The molecule has 1 fully saturated rings. The predicted molar refractivity (Wildman–Crippen MR) is 91.7 cm³/mol. The molecule has 0 spiro atoms. The lowest BCUT2D eigenvalue weighted by atomic mass is 9.87. The Balaban J connectivity index is 1.32. The Labute approximate surface area is 149 Å². The average molecular weight is 358 g/mol. The fourth-order valence-corrected chi connectivity index (χ4v) is 3.59. The van der Waals surface area contributed by atoms with E-state index in [1.807, 2.05) is 18.2 Å². The van der Waals surface area contributed by atoms with Crippen molar-refractivity contribution in [3.8, 4) is 0 Å². The Hall–Kier alpha value is -2.32. The second kappa shape index (κ2) is 6.89. The normalized spacial score (nSPS) is 19.0. The summed E-state index contributed by atoms with van der Waals surface area (Å²) in [6.45, 7) is 1.77. The summed E-state index contributed by atoms with van der Waals surface area (Å²) >= 11 is 1.23. The van der Waals surface area contributed by atoms with Gasteiger partial charge in [-0.3, -0.25) is 9.59 Å². The van der Waals surface area contributed by atoms with Gasteiger partial charge in [-0.05, 0) is 36.1 Å². The highest BCUT2D eigenvalue weighted by molar-refractivity contribution is 7.11. The van der Waals surface area contributed by atoms with Gasteiger partial charge in [-0.15, -0.1) is 10.2 Å². The van der Waals surface area contributed by atoms with Crippen molar-refractivity contribution in [1.29, 1.82) is 0 Å². The van der Waals surface area contributed by atoms with Crippen LogP contribution in [0.25, 0.3) is 0 Å². The highest BCUT2D eigenvalue weighted by Gasteiger charge is 2.27. The second-order valence-electron chi connectivity index (χ2n) is 6.18. The lowest BCUT2D eigenvalue weighted by Gasteiger charge is -2.32. The fourth-order valence-electron chi connectivity index (χ4n) is 3.07. The molecule has 1 aromatic heterocycles. The molecule has 1 aliphatic heterocycles. The summed E-state index contributed by atoms with van der Waals surface area (Å²) in [5, 5.41) is 10.8. The summed E-state index contributed by atoms with van der Waals surface area (Å²) in [4.78, 5) is 26.3. The van der Waals surface area contributed by atoms with E-state index < -0.39 is 0 Å². The van der Waals surface area contributed by atoms with E-state index in [0.717, 1.165) is 12.8 Å². The van der Waals surface area contributed by atoms with Crippen LogP contribution in [0.5, 0.6) is 0 Å². The van der Waals surface area contributed by atoms with Crippen molar-refractivity contribution in [2.45, 2.75) is 18.9 Å². The molecule has 2 aromatic rings. The molecule has 1 unspecified atom stereocenters. The van der Waals surface area contributed by atoms with Gasteiger partial charge in [-0.1, -0.05) is 17.4 Å². The third-order valence-electron chi connectivity index (χ3n) is 4.59. The molecular formula is C17H18N4O3S. The molecule has 1 aliphatic carbocycles. The molecule has 2 aliphatic rings. The smallest absolute Gasteiger partial charge is 0.285 e. The second-order valence-corrected chi connectivity index (χ2v) is 7.01. The van der Waals surface area contributed by atoms with Crippen LogP contribution in [0.1, 0.15) is 31.3 Å². The number of fused-ring (bicyclic) bond motifs is 1. The zero-order chi connectivity index (χ0) is 17.2. The molecule has 4 rings (SSSR count). The molecular weight excluding hydrogens is 340 g/mol. The lowest BCUT2D eigenvalue weighted by molar-refractivity contribution is -0.0197. The standard InChI is InChI=1S/C17H18N4O3S/c22-15(13-4-2-11-1-3-12(11)7-13)18-8-14-9-21(5-6-24-14)17(23)16-20-19-10-25-16/h2,4,7,10,14H,1,3,5-6,8-9H2,(H,18,22). The average Bonchev–Trinajstić information content (AvgIpc) is 3.15. The van der Waals surface area contributed by atoms with Gasteiger partial charge in [0.05, 0.1) is 12.7 Å². The third kappa shape index (κ3) is 3.40. The molecule has 7 nitrogen and oxygen atoms in total. The molecule has 0 saturated carbocycles. The molecule has 8 heteroatoms. The number of ether oxygens (including phenoxy) is 1. The molecule has 1 N–H and O–H groups in total. The molecule has 0 radical (unpaired) electrons. The van der Waals surface area contributed by atoms with Crippen LogP contribution in [-0.4, -0.2) is 59.3 Å². The van der Waals surface area contributed by atoms with E-state index in [4.69, 9.17) is 4.74 Å². The number of rotatable bonds is 4. The number of carbonyl (C=O) groups is 2. The van der Waals surface area contributed by atoms with Crippen molar-refractivity contribution in [2.24, 2.45) is 0 Å². The SMILES string of the molecule is O=C(NCC1CN(C(=O)c2nncs2)CCO1)c1ccc2c(c1)CC2. The molecule has 2 amide bonds. The first-order valence-electron chi connectivity index (χ1n) is 8.28. The van der Waals surface area contributed by atoms with E-state index in [1.165, 1.54) is 22.5 Å². The van der Waals surface area contributed by atoms with Crippen LogP contribution in [-0.2, 0) is 17.6 Å². The van der Waals surface area contributed by atoms with Gasteiger partial charge in [-0.25, -0.2) is 0 Å². The maximum atomic E-state index is 12.3. The van der Waals surface area contributed by atoms with Gasteiger partial charge >= 0.3 is 0 Å². The lowest BCUT2D eigenvalue weighted by Crippen LogP contribution is -2.49. The number of aryl methyl sites for hydroxylation is 2. The largest absolute Gasteiger partial charge is 0.373 e.